The molecular formula is C17H24N2O6. The van der Waals surface area contributed by atoms with Gasteiger partial charge in [0, 0.05) is 20.2 Å². The number of rotatable bonds is 8. The highest BCUT2D eigenvalue weighted by Gasteiger charge is 2.46. The lowest BCUT2D eigenvalue weighted by atomic mass is 9.85. The number of allylic oxidation sites excluding steroid dienone is 2. The number of hydrogen-bond acceptors (Lipinski definition) is 6. The van der Waals surface area contributed by atoms with Gasteiger partial charge >= 0.3 is 5.97 Å². The SMILES string of the molecule is COCCNC(=O)[C@H](C)OC(=O)CCN1C(=O)[C@H]2CC=CC[C@H]2C1=O. The standard InChI is InChI=1S/C17H24N2O6/c1-11(15(21)18-8-10-24-2)25-14(20)7-9-19-16(22)12-5-3-4-6-13(12)17(19)23/h3-4,11-13H,5-10H2,1-2H3,(H,18,21)/t11-,12-,13+/m0/s1. The molecule has 0 bridgehead atoms. The van der Waals surface area contributed by atoms with Crippen molar-refractivity contribution >= 4 is 23.7 Å². The number of ether oxygens (including phenoxy) is 2. The predicted molar refractivity (Wildman–Crippen MR) is 87.1 cm³/mol. The number of carbonyl (C=O) groups excluding carboxylic acids is 4. The summed E-state index contributed by atoms with van der Waals surface area (Å²) in [5.41, 5.74) is 0. The monoisotopic (exact) mass is 352 g/mol. The van der Waals surface area contributed by atoms with Gasteiger partial charge in [0.05, 0.1) is 24.9 Å². The quantitative estimate of drug-likeness (QED) is 0.286. The van der Waals surface area contributed by atoms with Gasteiger partial charge in [-0.2, -0.15) is 0 Å². The Balaban J connectivity index is 1.77. The Hall–Kier alpha value is -2.22. The zero-order chi connectivity index (χ0) is 18.4. The molecule has 0 aromatic heterocycles. The maximum atomic E-state index is 12.3. The molecule has 0 radical (unpaired) electrons. The topological polar surface area (TPSA) is 102 Å². The number of likely N-dealkylation sites (tertiary alicyclic amines) is 1. The van der Waals surface area contributed by atoms with Crippen molar-refractivity contribution in [1.29, 1.82) is 0 Å². The van der Waals surface area contributed by atoms with E-state index in [2.05, 4.69) is 5.32 Å². The summed E-state index contributed by atoms with van der Waals surface area (Å²) < 4.78 is 9.85. The largest absolute Gasteiger partial charge is 0.452 e. The summed E-state index contributed by atoms with van der Waals surface area (Å²) in [6.07, 6.45) is 3.88. The molecule has 1 saturated heterocycles. The van der Waals surface area contributed by atoms with Crippen molar-refractivity contribution < 1.29 is 28.7 Å². The Morgan fingerprint density at radius 2 is 1.84 bits per heavy atom. The number of carbonyl (C=O) groups is 4. The summed E-state index contributed by atoms with van der Waals surface area (Å²) in [7, 11) is 1.52. The lowest BCUT2D eigenvalue weighted by Gasteiger charge is -2.16. The van der Waals surface area contributed by atoms with Crippen molar-refractivity contribution in [1.82, 2.24) is 10.2 Å². The molecule has 1 heterocycles. The molecule has 138 valence electrons. The highest BCUT2D eigenvalue weighted by molar-refractivity contribution is 6.05. The van der Waals surface area contributed by atoms with E-state index in [0.717, 1.165) is 4.90 Å². The molecule has 25 heavy (non-hydrogen) atoms. The van der Waals surface area contributed by atoms with E-state index >= 15 is 0 Å². The van der Waals surface area contributed by atoms with Gasteiger partial charge in [-0.25, -0.2) is 0 Å². The number of methoxy groups -OCH3 is 1. The van der Waals surface area contributed by atoms with E-state index in [1.807, 2.05) is 12.2 Å². The Morgan fingerprint density at radius 3 is 2.40 bits per heavy atom. The Morgan fingerprint density at radius 1 is 1.24 bits per heavy atom. The second-order valence-corrected chi connectivity index (χ2v) is 6.15. The van der Waals surface area contributed by atoms with Gasteiger partial charge in [-0.3, -0.25) is 24.1 Å². The third kappa shape index (κ3) is 4.66. The Labute approximate surface area is 146 Å². The summed E-state index contributed by atoms with van der Waals surface area (Å²) in [4.78, 5) is 49.3. The molecular weight excluding hydrogens is 328 g/mol. The third-order valence-electron chi connectivity index (χ3n) is 4.42. The van der Waals surface area contributed by atoms with Crippen molar-refractivity contribution in [3.63, 3.8) is 0 Å². The lowest BCUT2D eigenvalue weighted by Crippen LogP contribution is -2.38. The van der Waals surface area contributed by atoms with Crippen LogP contribution in [0.1, 0.15) is 26.2 Å². The van der Waals surface area contributed by atoms with Crippen molar-refractivity contribution in [2.75, 3.05) is 26.8 Å². The normalized spacial score (nSPS) is 23.4. The van der Waals surface area contributed by atoms with Crippen molar-refractivity contribution in [2.24, 2.45) is 11.8 Å². The fourth-order valence-electron chi connectivity index (χ4n) is 3.02. The molecule has 1 fully saturated rings. The van der Waals surface area contributed by atoms with E-state index < -0.39 is 18.0 Å². The summed E-state index contributed by atoms with van der Waals surface area (Å²) in [6.45, 7) is 2.14. The minimum Gasteiger partial charge on any atom is -0.452 e. The minimum absolute atomic E-state index is 0.0124. The molecule has 0 unspecified atom stereocenters. The summed E-state index contributed by atoms with van der Waals surface area (Å²) in [5.74, 6) is -2.10. The van der Waals surface area contributed by atoms with Crippen LogP contribution in [-0.2, 0) is 28.7 Å². The molecule has 1 N–H and O–H groups in total. The van der Waals surface area contributed by atoms with Crippen LogP contribution in [0.3, 0.4) is 0 Å². The van der Waals surface area contributed by atoms with Crippen LogP contribution in [0.25, 0.3) is 0 Å². The van der Waals surface area contributed by atoms with E-state index in [1.54, 1.807) is 0 Å². The molecule has 1 aliphatic carbocycles. The van der Waals surface area contributed by atoms with Gasteiger partial charge in [-0.1, -0.05) is 12.2 Å². The smallest absolute Gasteiger partial charge is 0.308 e. The van der Waals surface area contributed by atoms with Gasteiger partial charge in [0.25, 0.3) is 5.91 Å². The van der Waals surface area contributed by atoms with Crippen LogP contribution in [0.5, 0.6) is 0 Å². The van der Waals surface area contributed by atoms with Crippen molar-refractivity contribution in [2.45, 2.75) is 32.3 Å². The summed E-state index contributed by atoms with van der Waals surface area (Å²) in [5, 5.41) is 2.57. The van der Waals surface area contributed by atoms with Gasteiger partial charge in [0.2, 0.25) is 11.8 Å². The number of hydrogen-bond donors (Lipinski definition) is 1. The van der Waals surface area contributed by atoms with Crippen LogP contribution < -0.4 is 5.32 Å². The first-order valence-corrected chi connectivity index (χ1v) is 8.42. The van der Waals surface area contributed by atoms with E-state index in [0.29, 0.717) is 26.0 Å². The van der Waals surface area contributed by atoms with Crippen molar-refractivity contribution in [3.05, 3.63) is 12.2 Å². The number of nitrogens with zero attached hydrogens (tertiary/aromatic N) is 1. The maximum Gasteiger partial charge on any atom is 0.308 e. The summed E-state index contributed by atoms with van der Waals surface area (Å²) in [6, 6.07) is 0. The number of imide groups is 1. The Kier molecular flexibility index (Phi) is 6.69. The van der Waals surface area contributed by atoms with Crippen LogP contribution in [-0.4, -0.2) is 61.5 Å². The van der Waals surface area contributed by atoms with Crippen LogP contribution in [0.15, 0.2) is 12.2 Å². The highest BCUT2D eigenvalue weighted by atomic mass is 16.5. The van der Waals surface area contributed by atoms with Crippen LogP contribution in [0.2, 0.25) is 0 Å². The van der Waals surface area contributed by atoms with Gasteiger partial charge in [0.15, 0.2) is 6.10 Å². The van der Waals surface area contributed by atoms with Gasteiger partial charge in [-0.15, -0.1) is 0 Å². The number of amides is 3. The first-order chi connectivity index (χ1) is 12.0. The lowest BCUT2D eigenvalue weighted by molar-refractivity contribution is -0.155. The van der Waals surface area contributed by atoms with Gasteiger partial charge in [0.1, 0.15) is 0 Å². The van der Waals surface area contributed by atoms with E-state index in [4.69, 9.17) is 9.47 Å². The van der Waals surface area contributed by atoms with Gasteiger partial charge < -0.3 is 14.8 Å². The first kappa shape index (κ1) is 19.1. The molecule has 8 heteroatoms. The molecule has 0 aromatic rings. The second kappa shape index (κ2) is 8.75. The summed E-state index contributed by atoms with van der Waals surface area (Å²) >= 11 is 0. The average Bonchev–Trinajstić information content (AvgIpc) is 2.84. The minimum atomic E-state index is -0.943. The number of esters is 1. The first-order valence-electron chi connectivity index (χ1n) is 8.42. The van der Waals surface area contributed by atoms with E-state index in [9.17, 15) is 19.2 Å². The predicted octanol–water partition coefficient (Wildman–Crippen LogP) is 0.0220. The molecule has 8 nitrogen and oxygen atoms in total. The fraction of sp³-hybridized carbons (Fsp3) is 0.647. The molecule has 0 aromatic carbocycles. The van der Waals surface area contributed by atoms with Crippen LogP contribution >= 0.6 is 0 Å². The molecule has 2 rings (SSSR count). The van der Waals surface area contributed by atoms with Crippen molar-refractivity contribution in [3.8, 4) is 0 Å². The molecule has 3 atom stereocenters. The molecule has 0 spiro atoms. The van der Waals surface area contributed by atoms with Crippen LogP contribution in [0, 0.1) is 11.8 Å². The molecule has 0 saturated carbocycles. The zero-order valence-electron chi connectivity index (χ0n) is 14.5. The number of fused-ring (bicyclic) bond motifs is 1. The Bertz CT molecular complexity index is 547. The second-order valence-electron chi connectivity index (χ2n) is 6.15. The fourth-order valence-corrected chi connectivity index (χ4v) is 3.02. The highest BCUT2D eigenvalue weighted by Crippen LogP contribution is 2.34. The zero-order valence-corrected chi connectivity index (χ0v) is 14.5. The molecule has 1 aliphatic heterocycles. The molecule has 3 amide bonds. The van der Waals surface area contributed by atoms with Gasteiger partial charge in [-0.05, 0) is 19.8 Å². The molecule has 2 aliphatic rings. The maximum absolute atomic E-state index is 12.3. The third-order valence-corrected chi connectivity index (χ3v) is 4.42. The van der Waals surface area contributed by atoms with Crippen LogP contribution in [0.4, 0.5) is 0 Å². The van der Waals surface area contributed by atoms with E-state index in [-0.39, 0.29) is 36.6 Å². The average molecular weight is 352 g/mol. The van der Waals surface area contributed by atoms with E-state index in [1.165, 1.54) is 14.0 Å². The number of nitrogens with one attached hydrogen (secondary N) is 1.